The van der Waals surface area contributed by atoms with E-state index in [2.05, 4.69) is 4.72 Å². The minimum absolute atomic E-state index is 0.00189. The van der Waals surface area contributed by atoms with Crippen molar-refractivity contribution in [1.29, 1.82) is 0 Å². The van der Waals surface area contributed by atoms with Gasteiger partial charge in [-0.25, -0.2) is 16.8 Å². The van der Waals surface area contributed by atoms with Crippen LogP contribution in [-0.2, 0) is 19.9 Å². The highest BCUT2D eigenvalue weighted by Gasteiger charge is 2.22. The molecule has 0 fully saturated rings. The Bertz CT molecular complexity index is 905. The normalized spacial score (nSPS) is 12.1. The molecule has 0 radical (unpaired) electrons. The third kappa shape index (κ3) is 3.73. The second kappa shape index (κ2) is 6.08. The molecular formula is C13H11Cl2NO4S2. The fraction of sp³-hybridized carbons (Fsp3) is 0.0769. The van der Waals surface area contributed by atoms with E-state index in [0.29, 0.717) is 0 Å². The quantitative estimate of drug-likeness (QED) is 0.884. The van der Waals surface area contributed by atoms with Gasteiger partial charge in [0.25, 0.3) is 10.0 Å². The summed E-state index contributed by atoms with van der Waals surface area (Å²) >= 11 is 11.8. The van der Waals surface area contributed by atoms with Crippen molar-refractivity contribution in [3.8, 4) is 0 Å². The van der Waals surface area contributed by atoms with Crippen molar-refractivity contribution in [3.05, 3.63) is 52.5 Å². The SMILES string of the molecule is CS(=O)(=O)c1cccc(NS(=O)(=O)c2c(Cl)cccc2Cl)c1. The number of rotatable bonds is 4. The second-order valence-electron chi connectivity index (χ2n) is 4.46. The molecule has 0 amide bonds. The first kappa shape index (κ1) is 17.1. The molecule has 2 rings (SSSR count). The van der Waals surface area contributed by atoms with E-state index < -0.39 is 19.9 Å². The Hall–Kier alpha value is -1.28. The minimum atomic E-state index is -4.05. The summed E-state index contributed by atoms with van der Waals surface area (Å²) in [5.74, 6) is 0. The number of nitrogens with one attached hydrogen (secondary N) is 1. The Morgan fingerprint density at radius 3 is 2.00 bits per heavy atom. The monoisotopic (exact) mass is 379 g/mol. The van der Waals surface area contributed by atoms with Gasteiger partial charge < -0.3 is 0 Å². The summed E-state index contributed by atoms with van der Waals surface area (Å²) in [6, 6.07) is 9.77. The van der Waals surface area contributed by atoms with Gasteiger partial charge in [0.1, 0.15) is 4.90 Å². The van der Waals surface area contributed by atoms with Crippen LogP contribution < -0.4 is 4.72 Å². The average Bonchev–Trinajstić information content (AvgIpc) is 2.36. The van der Waals surface area contributed by atoms with Gasteiger partial charge in [-0.3, -0.25) is 4.72 Å². The lowest BCUT2D eigenvalue weighted by Crippen LogP contribution is -2.14. The Morgan fingerprint density at radius 2 is 1.45 bits per heavy atom. The number of benzene rings is 2. The van der Waals surface area contributed by atoms with Crippen LogP contribution in [0.3, 0.4) is 0 Å². The van der Waals surface area contributed by atoms with Crippen molar-refractivity contribution in [2.45, 2.75) is 9.79 Å². The molecule has 118 valence electrons. The molecule has 0 heterocycles. The molecule has 0 aliphatic carbocycles. The molecule has 0 atom stereocenters. The lowest BCUT2D eigenvalue weighted by atomic mass is 10.3. The number of anilines is 1. The van der Waals surface area contributed by atoms with Crippen molar-refractivity contribution in [2.75, 3.05) is 11.0 Å². The molecule has 0 saturated carbocycles. The Balaban J connectivity index is 2.46. The van der Waals surface area contributed by atoms with Crippen LogP contribution in [0.4, 0.5) is 5.69 Å². The topological polar surface area (TPSA) is 80.3 Å². The molecule has 5 nitrogen and oxygen atoms in total. The zero-order valence-corrected chi connectivity index (χ0v) is 14.4. The maximum Gasteiger partial charge on any atom is 0.264 e. The van der Waals surface area contributed by atoms with Gasteiger partial charge in [-0.05, 0) is 30.3 Å². The largest absolute Gasteiger partial charge is 0.279 e. The summed E-state index contributed by atoms with van der Waals surface area (Å²) in [7, 11) is -7.49. The lowest BCUT2D eigenvalue weighted by molar-refractivity contribution is 0.599. The van der Waals surface area contributed by atoms with E-state index in [4.69, 9.17) is 23.2 Å². The highest BCUT2D eigenvalue weighted by molar-refractivity contribution is 7.93. The summed E-state index contributed by atoms with van der Waals surface area (Å²) in [4.78, 5) is -0.263. The van der Waals surface area contributed by atoms with Crippen molar-refractivity contribution < 1.29 is 16.8 Å². The van der Waals surface area contributed by atoms with E-state index in [9.17, 15) is 16.8 Å². The van der Waals surface area contributed by atoms with Crippen molar-refractivity contribution in [2.24, 2.45) is 0 Å². The maximum absolute atomic E-state index is 12.4. The van der Waals surface area contributed by atoms with E-state index in [1.165, 1.54) is 42.5 Å². The summed E-state index contributed by atoms with van der Waals surface area (Å²) in [5.41, 5.74) is 0.0962. The molecule has 9 heteroatoms. The van der Waals surface area contributed by atoms with Gasteiger partial charge in [0, 0.05) is 6.26 Å². The zero-order chi connectivity index (χ0) is 16.5. The van der Waals surface area contributed by atoms with Gasteiger partial charge in [-0.2, -0.15) is 0 Å². The first-order valence-corrected chi connectivity index (χ1v) is 10.0. The van der Waals surface area contributed by atoms with Crippen LogP contribution in [0.1, 0.15) is 0 Å². The number of sulfone groups is 1. The minimum Gasteiger partial charge on any atom is -0.279 e. The fourth-order valence-corrected chi connectivity index (χ4v) is 4.60. The summed E-state index contributed by atoms with van der Waals surface area (Å²) < 4.78 is 50.0. The van der Waals surface area contributed by atoms with E-state index >= 15 is 0 Å². The molecule has 2 aromatic rings. The number of halogens is 2. The highest BCUT2D eigenvalue weighted by Crippen LogP contribution is 2.30. The van der Waals surface area contributed by atoms with E-state index in [1.807, 2.05) is 0 Å². The lowest BCUT2D eigenvalue weighted by Gasteiger charge is -2.11. The molecule has 0 bridgehead atoms. The van der Waals surface area contributed by atoms with Gasteiger partial charge in [-0.1, -0.05) is 35.3 Å². The van der Waals surface area contributed by atoms with Gasteiger partial charge >= 0.3 is 0 Å². The van der Waals surface area contributed by atoms with Gasteiger partial charge in [-0.15, -0.1) is 0 Å². The predicted octanol–water partition coefficient (Wildman–Crippen LogP) is 3.20. The summed E-state index contributed by atoms with van der Waals surface area (Å²) in [6.45, 7) is 0. The summed E-state index contributed by atoms with van der Waals surface area (Å²) in [5, 5.41) is -0.0569. The molecule has 0 aromatic heterocycles. The molecule has 0 aliphatic rings. The van der Waals surface area contributed by atoms with Crippen LogP contribution in [0.5, 0.6) is 0 Å². The number of sulfonamides is 1. The van der Waals surface area contributed by atoms with Crippen LogP contribution in [0.15, 0.2) is 52.3 Å². The van der Waals surface area contributed by atoms with Crippen LogP contribution >= 0.6 is 23.2 Å². The second-order valence-corrected chi connectivity index (χ2v) is 8.91. The maximum atomic E-state index is 12.4. The number of hydrogen-bond donors (Lipinski definition) is 1. The molecule has 0 spiro atoms. The van der Waals surface area contributed by atoms with E-state index in [0.717, 1.165) is 6.26 Å². The Morgan fingerprint density at radius 1 is 0.909 bits per heavy atom. The first-order chi connectivity index (χ1) is 10.1. The van der Waals surface area contributed by atoms with E-state index in [1.54, 1.807) is 0 Å². The Kier molecular flexibility index (Phi) is 4.72. The molecule has 0 unspecified atom stereocenters. The van der Waals surface area contributed by atoms with Gasteiger partial charge in [0.05, 0.1) is 20.6 Å². The third-order valence-electron chi connectivity index (χ3n) is 2.70. The van der Waals surface area contributed by atoms with Crippen molar-refractivity contribution in [1.82, 2.24) is 0 Å². The van der Waals surface area contributed by atoms with E-state index in [-0.39, 0.29) is 25.5 Å². The smallest absolute Gasteiger partial charge is 0.264 e. The predicted molar refractivity (Wildman–Crippen MR) is 86.8 cm³/mol. The van der Waals surface area contributed by atoms with Crippen LogP contribution in [0.25, 0.3) is 0 Å². The molecule has 1 N–H and O–H groups in total. The van der Waals surface area contributed by atoms with Gasteiger partial charge in [0.2, 0.25) is 0 Å². The van der Waals surface area contributed by atoms with Crippen molar-refractivity contribution >= 4 is 48.7 Å². The fourth-order valence-electron chi connectivity index (χ4n) is 1.74. The Labute approximate surface area is 138 Å². The van der Waals surface area contributed by atoms with Crippen LogP contribution in [-0.4, -0.2) is 23.1 Å². The molecule has 2 aromatic carbocycles. The molecular weight excluding hydrogens is 369 g/mol. The van der Waals surface area contributed by atoms with Gasteiger partial charge in [0.15, 0.2) is 9.84 Å². The molecule has 0 aliphatic heterocycles. The summed E-state index contributed by atoms with van der Waals surface area (Å²) in [6.07, 6.45) is 1.03. The van der Waals surface area contributed by atoms with Crippen LogP contribution in [0.2, 0.25) is 10.0 Å². The van der Waals surface area contributed by atoms with Crippen LogP contribution in [0, 0.1) is 0 Å². The molecule has 0 saturated heterocycles. The standard InChI is InChI=1S/C13H11Cl2NO4S2/c1-21(17,18)10-5-2-4-9(8-10)16-22(19,20)13-11(14)6-3-7-12(13)15/h2-8,16H,1H3. The average molecular weight is 380 g/mol. The van der Waals surface area contributed by atoms with Crippen molar-refractivity contribution in [3.63, 3.8) is 0 Å². The molecule has 22 heavy (non-hydrogen) atoms. The zero-order valence-electron chi connectivity index (χ0n) is 11.2. The highest BCUT2D eigenvalue weighted by atomic mass is 35.5. The first-order valence-electron chi connectivity index (χ1n) is 5.88. The number of hydrogen-bond acceptors (Lipinski definition) is 4. The third-order valence-corrected chi connectivity index (χ3v) is 6.15.